The molecular formula is C20H15N5O2. The van der Waals surface area contributed by atoms with Crippen LogP contribution in [0.1, 0.15) is 15.9 Å². The first-order valence-electron chi connectivity index (χ1n) is 8.29. The van der Waals surface area contributed by atoms with Crippen LogP contribution in [0.2, 0.25) is 0 Å². The smallest absolute Gasteiger partial charge is 0.270 e. The number of anilines is 1. The van der Waals surface area contributed by atoms with Crippen LogP contribution in [0.4, 0.5) is 5.69 Å². The van der Waals surface area contributed by atoms with Gasteiger partial charge in [0, 0.05) is 18.0 Å². The van der Waals surface area contributed by atoms with E-state index in [1.165, 1.54) is 23.0 Å². The van der Waals surface area contributed by atoms with Gasteiger partial charge >= 0.3 is 0 Å². The maximum atomic E-state index is 12.6. The fourth-order valence-electron chi connectivity index (χ4n) is 2.67. The molecule has 7 heteroatoms. The molecule has 0 unspecified atom stereocenters. The number of hydrogen-bond donors (Lipinski definition) is 1. The second kappa shape index (κ2) is 6.80. The molecule has 0 aliphatic heterocycles. The van der Waals surface area contributed by atoms with E-state index in [4.69, 9.17) is 0 Å². The highest BCUT2D eigenvalue weighted by Crippen LogP contribution is 2.15. The van der Waals surface area contributed by atoms with Crippen LogP contribution in [0.15, 0.2) is 72.0 Å². The molecule has 7 nitrogen and oxygen atoms in total. The maximum Gasteiger partial charge on any atom is 0.270 e. The third kappa shape index (κ3) is 3.30. The summed E-state index contributed by atoms with van der Waals surface area (Å²) in [4.78, 5) is 37.8. The zero-order valence-corrected chi connectivity index (χ0v) is 14.5. The van der Waals surface area contributed by atoms with Crippen LogP contribution in [0.5, 0.6) is 0 Å². The number of nitrogens with zero attached hydrogens (tertiary/aromatic N) is 4. The van der Waals surface area contributed by atoms with Crippen LogP contribution in [-0.4, -0.2) is 25.3 Å². The van der Waals surface area contributed by atoms with Crippen molar-refractivity contribution in [2.24, 2.45) is 0 Å². The topological polar surface area (TPSA) is 89.2 Å². The molecule has 132 valence electrons. The van der Waals surface area contributed by atoms with E-state index in [-0.39, 0.29) is 5.56 Å². The van der Waals surface area contributed by atoms with Gasteiger partial charge < -0.3 is 5.32 Å². The fourth-order valence-corrected chi connectivity index (χ4v) is 2.67. The quantitative estimate of drug-likeness (QED) is 0.609. The van der Waals surface area contributed by atoms with Crippen LogP contribution in [0.25, 0.3) is 17.0 Å². The average molecular weight is 357 g/mol. The van der Waals surface area contributed by atoms with Gasteiger partial charge in [-0.1, -0.05) is 36.4 Å². The third-order valence-electron chi connectivity index (χ3n) is 4.04. The van der Waals surface area contributed by atoms with Crippen molar-refractivity contribution in [3.8, 4) is 11.4 Å². The van der Waals surface area contributed by atoms with Gasteiger partial charge in [0.2, 0.25) is 0 Å². The number of aryl methyl sites for hydroxylation is 1. The summed E-state index contributed by atoms with van der Waals surface area (Å²) < 4.78 is 1.36. The summed E-state index contributed by atoms with van der Waals surface area (Å²) in [5, 5.41) is 2.64. The number of carbonyl (C=O) groups is 1. The van der Waals surface area contributed by atoms with Crippen LogP contribution >= 0.6 is 0 Å². The zero-order valence-electron chi connectivity index (χ0n) is 14.5. The van der Waals surface area contributed by atoms with Crippen LogP contribution in [0.3, 0.4) is 0 Å². The Morgan fingerprint density at radius 1 is 0.963 bits per heavy atom. The van der Waals surface area contributed by atoms with Crippen molar-refractivity contribution in [2.45, 2.75) is 6.92 Å². The first-order chi connectivity index (χ1) is 13.1. The normalized spacial score (nSPS) is 10.7. The van der Waals surface area contributed by atoms with Crippen molar-refractivity contribution in [2.75, 3.05) is 5.32 Å². The van der Waals surface area contributed by atoms with Gasteiger partial charge in [0.1, 0.15) is 11.2 Å². The zero-order chi connectivity index (χ0) is 18.8. The van der Waals surface area contributed by atoms with E-state index in [0.29, 0.717) is 17.2 Å². The van der Waals surface area contributed by atoms with Gasteiger partial charge in [0.25, 0.3) is 11.5 Å². The summed E-state index contributed by atoms with van der Waals surface area (Å²) in [6, 6.07) is 13.1. The van der Waals surface area contributed by atoms with E-state index < -0.39 is 11.5 Å². The lowest BCUT2D eigenvalue weighted by molar-refractivity contribution is 0.102. The molecule has 0 aliphatic carbocycles. The fraction of sp³-hybridized carbons (Fsp3) is 0.0500. The van der Waals surface area contributed by atoms with E-state index in [0.717, 1.165) is 11.1 Å². The first-order valence-corrected chi connectivity index (χ1v) is 8.29. The Morgan fingerprint density at radius 3 is 2.44 bits per heavy atom. The summed E-state index contributed by atoms with van der Waals surface area (Å²) in [7, 11) is 0. The molecule has 4 aromatic rings. The van der Waals surface area contributed by atoms with Crippen LogP contribution in [0, 0.1) is 6.92 Å². The number of benzene rings is 1. The Bertz CT molecular complexity index is 1180. The van der Waals surface area contributed by atoms with Crippen molar-refractivity contribution in [1.29, 1.82) is 0 Å². The number of nitrogens with one attached hydrogen (secondary N) is 1. The molecule has 0 saturated heterocycles. The third-order valence-corrected chi connectivity index (χ3v) is 4.04. The van der Waals surface area contributed by atoms with Crippen LogP contribution in [-0.2, 0) is 0 Å². The number of amides is 1. The number of rotatable bonds is 3. The Labute approximate surface area is 154 Å². The molecule has 1 aromatic carbocycles. The lowest BCUT2D eigenvalue weighted by Gasteiger charge is -2.07. The van der Waals surface area contributed by atoms with Crippen molar-refractivity contribution in [3.63, 3.8) is 0 Å². The highest BCUT2D eigenvalue weighted by molar-refractivity contribution is 6.03. The Hall–Kier alpha value is -3.87. The van der Waals surface area contributed by atoms with Gasteiger partial charge in [-0.3, -0.25) is 14.0 Å². The predicted molar refractivity (Wildman–Crippen MR) is 102 cm³/mol. The Balaban J connectivity index is 1.60. The van der Waals surface area contributed by atoms with E-state index in [1.807, 2.05) is 43.3 Å². The van der Waals surface area contributed by atoms with E-state index in [9.17, 15) is 9.59 Å². The molecule has 4 rings (SSSR count). The number of pyridine rings is 1. The minimum absolute atomic E-state index is 0.0507. The van der Waals surface area contributed by atoms with Crippen molar-refractivity contribution < 1.29 is 4.79 Å². The van der Waals surface area contributed by atoms with Gasteiger partial charge in [-0.05, 0) is 18.6 Å². The molecule has 0 saturated carbocycles. The summed E-state index contributed by atoms with van der Waals surface area (Å²) in [5.74, 6) is -0.00372. The van der Waals surface area contributed by atoms with Gasteiger partial charge in [-0.2, -0.15) is 0 Å². The Kier molecular flexibility index (Phi) is 4.18. The number of carbonyl (C=O) groups excluding carboxylic acids is 1. The predicted octanol–water partition coefficient (Wildman–Crippen LogP) is 2.71. The first kappa shape index (κ1) is 16.6. The molecule has 3 aromatic heterocycles. The standard InChI is InChI=1S/C20H15N5O2/c1-13-7-8-17-21-11-16(20(27)25(17)12-13)19(26)24-15-9-22-18(23-10-15)14-5-3-2-4-6-14/h2-12H,1H3,(H,24,26). The molecule has 0 atom stereocenters. The highest BCUT2D eigenvalue weighted by atomic mass is 16.2. The number of aromatic nitrogens is 4. The largest absolute Gasteiger partial charge is 0.319 e. The molecule has 1 N–H and O–H groups in total. The SMILES string of the molecule is Cc1ccc2ncc(C(=O)Nc3cnc(-c4ccccc4)nc3)c(=O)n2c1. The Morgan fingerprint density at radius 2 is 1.70 bits per heavy atom. The molecule has 27 heavy (non-hydrogen) atoms. The van der Waals surface area contributed by atoms with Gasteiger partial charge in [0.15, 0.2) is 5.82 Å². The summed E-state index contributed by atoms with van der Waals surface area (Å²) in [6.45, 7) is 1.87. The van der Waals surface area contributed by atoms with Crippen LogP contribution < -0.4 is 10.9 Å². The summed E-state index contributed by atoms with van der Waals surface area (Å²) >= 11 is 0. The maximum absolute atomic E-state index is 12.6. The lowest BCUT2D eigenvalue weighted by Crippen LogP contribution is -2.26. The average Bonchev–Trinajstić information content (AvgIpc) is 2.70. The van der Waals surface area contributed by atoms with Gasteiger partial charge in [-0.25, -0.2) is 15.0 Å². The number of hydrogen-bond acceptors (Lipinski definition) is 5. The molecule has 0 aliphatic rings. The summed E-state index contributed by atoms with van der Waals surface area (Å²) in [5.41, 5.74) is 2.18. The van der Waals surface area contributed by atoms with E-state index in [1.54, 1.807) is 12.3 Å². The van der Waals surface area contributed by atoms with Crippen molar-refractivity contribution >= 4 is 17.2 Å². The van der Waals surface area contributed by atoms with Crippen molar-refractivity contribution in [1.82, 2.24) is 19.4 Å². The molecule has 3 heterocycles. The minimum Gasteiger partial charge on any atom is -0.319 e. The molecular weight excluding hydrogens is 342 g/mol. The van der Waals surface area contributed by atoms with Gasteiger partial charge in [0.05, 0.1) is 18.1 Å². The summed E-state index contributed by atoms with van der Waals surface area (Å²) in [6.07, 6.45) is 5.94. The molecule has 0 spiro atoms. The minimum atomic E-state index is -0.556. The van der Waals surface area contributed by atoms with E-state index in [2.05, 4.69) is 20.3 Å². The molecule has 0 radical (unpaired) electrons. The highest BCUT2D eigenvalue weighted by Gasteiger charge is 2.14. The van der Waals surface area contributed by atoms with Gasteiger partial charge in [-0.15, -0.1) is 0 Å². The molecule has 1 amide bonds. The molecule has 0 fully saturated rings. The number of fused-ring (bicyclic) bond motifs is 1. The second-order valence-electron chi connectivity index (χ2n) is 6.03. The van der Waals surface area contributed by atoms with E-state index >= 15 is 0 Å². The monoisotopic (exact) mass is 357 g/mol. The van der Waals surface area contributed by atoms with Crippen molar-refractivity contribution in [3.05, 3.63) is 88.7 Å². The second-order valence-corrected chi connectivity index (χ2v) is 6.03. The lowest BCUT2D eigenvalue weighted by atomic mass is 10.2. The molecule has 0 bridgehead atoms.